The number of piperidine rings is 1. The number of benzene rings is 2. The Bertz CT molecular complexity index is 1260. The SMILES string of the molecule is c1cncc(-n2cc(CCCCC3OCC4(CCNCC4)c4ccccc43)c3ccccc32)c1. The molecule has 1 atom stereocenters. The van der Waals surface area contributed by atoms with Crippen molar-refractivity contribution < 1.29 is 4.74 Å². The molecule has 4 heterocycles. The van der Waals surface area contributed by atoms with Crippen LogP contribution in [0.2, 0.25) is 0 Å². The highest BCUT2D eigenvalue weighted by molar-refractivity contribution is 5.85. The number of rotatable bonds is 6. The van der Waals surface area contributed by atoms with Crippen LogP contribution in [0.1, 0.15) is 54.9 Å². The van der Waals surface area contributed by atoms with E-state index >= 15 is 0 Å². The van der Waals surface area contributed by atoms with Crippen molar-refractivity contribution in [3.05, 3.63) is 95.9 Å². The van der Waals surface area contributed by atoms with Gasteiger partial charge in [0.2, 0.25) is 0 Å². The molecule has 4 aromatic rings. The Hall–Kier alpha value is -2.95. The van der Waals surface area contributed by atoms with Gasteiger partial charge in [-0.2, -0.15) is 0 Å². The molecule has 0 bridgehead atoms. The van der Waals surface area contributed by atoms with Crippen molar-refractivity contribution in [1.29, 1.82) is 0 Å². The summed E-state index contributed by atoms with van der Waals surface area (Å²) in [6, 6.07) is 21.9. The molecular formula is C30H33N3O. The predicted octanol–water partition coefficient (Wildman–Crippen LogP) is 6.13. The molecule has 0 amide bonds. The van der Waals surface area contributed by atoms with Gasteiger partial charge in [-0.3, -0.25) is 4.98 Å². The zero-order chi connectivity index (χ0) is 22.8. The monoisotopic (exact) mass is 451 g/mol. The molecule has 1 N–H and O–H groups in total. The first-order valence-electron chi connectivity index (χ1n) is 12.8. The van der Waals surface area contributed by atoms with E-state index in [1.807, 2.05) is 18.5 Å². The summed E-state index contributed by atoms with van der Waals surface area (Å²) in [5, 5.41) is 4.87. The molecule has 34 heavy (non-hydrogen) atoms. The summed E-state index contributed by atoms with van der Waals surface area (Å²) < 4.78 is 8.82. The van der Waals surface area contributed by atoms with Crippen molar-refractivity contribution in [2.24, 2.45) is 0 Å². The molecule has 1 unspecified atom stereocenters. The van der Waals surface area contributed by atoms with Crippen LogP contribution in [0.25, 0.3) is 16.6 Å². The van der Waals surface area contributed by atoms with Gasteiger partial charge in [0.25, 0.3) is 0 Å². The average Bonchev–Trinajstić information content (AvgIpc) is 3.28. The second-order valence-electron chi connectivity index (χ2n) is 9.92. The summed E-state index contributed by atoms with van der Waals surface area (Å²) >= 11 is 0. The molecule has 0 aliphatic carbocycles. The van der Waals surface area contributed by atoms with E-state index in [4.69, 9.17) is 4.74 Å². The number of fused-ring (bicyclic) bond motifs is 3. The van der Waals surface area contributed by atoms with Gasteiger partial charge in [-0.05, 0) is 80.1 Å². The van der Waals surface area contributed by atoms with Gasteiger partial charge >= 0.3 is 0 Å². The maximum absolute atomic E-state index is 6.54. The van der Waals surface area contributed by atoms with Crippen LogP contribution in [0.15, 0.2) is 79.3 Å². The summed E-state index contributed by atoms with van der Waals surface area (Å²) in [5.74, 6) is 0. The number of hydrogen-bond donors (Lipinski definition) is 1. The first kappa shape index (κ1) is 21.6. The van der Waals surface area contributed by atoms with Crippen LogP contribution in [0.3, 0.4) is 0 Å². The van der Waals surface area contributed by atoms with Gasteiger partial charge in [0.05, 0.1) is 30.1 Å². The molecule has 4 nitrogen and oxygen atoms in total. The van der Waals surface area contributed by atoms with Crippen LogP contribution in [-0.2, 0) is 16.6 Å². The molecule has 2 aromatic heterocycles. The number of para-hydroxylation sites is 1. The Morgan fingerprint density at radius 3 is 2.71 bits per heavy atom. The molecule has 1 spiro atoms. The van der Waals surface area contributed by atoms with Gasteiger partial charge in [-0.1, -0.05) is 48.9 Å². The van der Waals surface area contributed by atoms with Crippen molar-refractivity contribution in [2.45, 2.75) is 50.0 Å². The van der Waals surface area contributed by atoms with Crippen LogP contribution < -0.4 is 5.32 Å². The Morgan fingerprint density at radius 1 is 0.971 bits per heavy atom. The fourth-order valence-corrected chi connectivity index (χ4v) is 6.05. The van der Waals surface area contributed by atoms with Gasteiger partial charge < -0.3 is 14.6 Å². The second kappa shape index (κ2) is 9.36. The van der Waals surface area contributed by atoms with E-state index in [9.17, 15) is 0 Å². The minimum absolute atomic E-state index is 0.215. The van der Waals surface area contributed by atoms with Crippen molar-refractivity contribution in [3.63, 3.8) is 0 Å². The van der Waals surface area contributed by atoms with Gasteiger partial charge in [0.15, 0.2) is 0 Å². The second-order valence-corrected chi connectivity index (χ2v) is 9.92. The van der Waals surface area contributed by atoms with Gasteiger partial charge in [0.1, 0.15) is 0 Å². The lowest BCUT2D eigenvalue weighted by Gasteiger charge is -2.44. The molecule has 4 heteroatoms. The lowest BCUT2D eigenvalue weighted by molar-refractivity contribution is -0.0172. The Labute approximate surface area is 202 Å². The fourth-order valence-electron chi connectivity index (χ4n) is 6.05. The van der Waals surface area contributed by atoms with Gasteiger partial charge in [-0.15, -0.1) is 0 Å². The number of aromatic nitrogens is 2. The normalized spacial score (nSPS) is 19.4. The minimum atomic E-state index is 0.215. The summed E-state index contributed by atoms with van der Waals surface area (Å²) in [6.07, 6.45) is 13.2. The standard InChI is InChI=1S/C30H33N3O/c1(8-23-21-33(24-9-7-17-32-20-24)28-13-5-3-10-25(23)28)6-14-29-26-11-2-4-12-27(26)30(22-34-29)15-18-31-19-16-30/h2-5,7,9-13,17,20-21,29,31H,1,6,8,14-16,18-19,22H2. The van der Waals surface area contributed by atoms with E-state index in [0.717, 1.165) is 44.6 Å². The summed E-state index contributed by atoms with van der Waals surface area (Å²) in [5.41, 5.74) is 6.98. The van der Waals surface area contributed by atoms with E-state index < -0.39 is 0 Å². The van der Waals surface area contributed by atoms with Crippen molar-refractivity contribution in [2.75, 3.05) is 19.7 Å². The highest BCUT2D eigenvalue weighted by Gasteiger charge is 2.40. The van der Waals surface area contributed by atoms with Crippen LogP contribution in [0.4, 0.5) is 0 Å². The van der Waals surface area contributed by atoms with Crippen molar-refractivity contribution >= 4 is 10.9 Å². The highest BCUT2D eigenvalue weighted by atomic mass is 16.5. The number of aryl methyl sites for hydroxylation is 1. The smallest absolute Gasteiger partial charge is 0.0828 e. The van der Waals surface area contributed by atoms with E-state index in [2.05, 4.69) is 75.7 Å². The summed E-state index contributed by atoms with van der Waals surface area (Å²) in [7, 11) is 0. The minimum Gasteiger partial charge on any atom is -0.373 e. The van der Waals surface area contributed by atoms with E-state index in [1.165, 1.54) is 41.3 Å². The Morgan fingerprint density at radius 2 is 1.82 bits per heavy atom. The summed E-state index contributed by atoms with van der Waals surface area (Å²) in [6.45, 7) is 3.05. The van der Waals surface area contributed by atoms with Crippen molar-refractivity contribution in [1.82, 2.24) is 14.9 Å². The maximum Gasteiger partial charge on any atom is 0.0828 e. The topological polar surface area (TPSA) is 39.1 Å². The Kier molecular flexibility index (Phi) is 5.94. The predicted molar refractivity (Wildman–Crippen MR) is 138 cm³/mol. The molecule has 2 aliphatic rings. The van der Waals surface area contributed by atoms with Crippen LogP contribution >= 0.6 is 0 Å². The maximum atomic E-state index is 6.54. The van der Waals surface area contributed by atoms with Crippen LogP contribution in [0.5, 0.6) is 0 Å². The molecule has 174 valence electrons. The summed E-state index contributed by atoms with van der Waals surface area (Å²) in [4.78, 5) is 4.32. The molecule has 0 radical (unpaired) electrons. The quantitative estimate of drug-likeness (QED) is 0.358. The van der Waals surface area contributed by atoms with Crippen molar-refractivity contribution in [3.8, 4) is 5.69 Å². The van der Waals surface area contributed by atoms with Gasteiger partial charge in [-0.25, -0.2) is 0 Å². The largest absolute Gasteiger partial charge is 0.373 e. The molecule has 1 saturated heterocycles. The molecule has 6 rings (SSSR count). The average molecular weight is 452 g/mol. The lowest BCUT2D eigenvalue weighted by atomic mass is 9.70. The first-order chi connectivity index (χ1) is 16.8. The third kappa shape index (κ3) is 3.95. The number of nitrogens with zero attached hydrogens (tertiary/aromatic N) is 2. The third-order valence-corrected chi connectivity index (χ3v) is 7.88. The van der Waals surface area contributed by atoms with Crippen LogP contribution in [0, 0.1) is 0 Å². The number of ether oxygens (including phenoxy) is 1. The zero-order valence-electron chi connectivity index (χ0n) is 19.7. The molecule has 2 aliphatic heterocycles. The first-order valence-corrected chi connectivity index (χ1v) is 12.8. The number of nitrogens with one attached hydrogen (secondary N) is 1. The third-order valence-electron chi connectivity index (χ3n) is 7.88. The van der Waals surface area contributed by atoms with E-state index in [-0.39, 0.29) is 11.5 Å². The molecule has 0 saturated carbocycles. The molecule has 1 fully saturated rings. The number of unbranched alkanes of at least 4 members (excludes halogenated alkanes) is 1. The zero-order valence-corrected chi connectivity index (χ0v) is 19.7. The number of hydrogen-bond acceptors (Lipinski definition) is 3. The van der Waals surface area contributed by atoms with E-state index in [1.54, 1.807) is 5.56 Å². The Balaban J connectivity index is 1.15. The van der Waals surface area contributed by atoms with E-state index in [0.29, 0.717) is 0 Å². The number of pyridine rings is 1. The molecule has 2 aromatic carbocycles. The fraction of sp³-hybridized carbons (Fsp3) is 0.367. The van der Waals surface area contributed by atoms with Gasteiger partial charge in [0, 0.05) is 23.2 Å². The molecular weight excluding hydrogens is 418 g/mol. The highest BCUT2D eigenvalue weighted by Crippen LogP contribution is 2.44. The lowest BCUT2D eigenvalue weighted by Crippen LogP contribution is -2.46. The van der Waals surface area contributed by atoms with Crippen LogP contribution in [-0.4, -0.2) is 29.2 Å².